The molecule has 0 aliphatic heterocycles. The molecule has 0 heterocycles. The third-order valence-corrected chi connectivity index (χ3v) is 7.70. The lowest BCUT2D eigenvalue weighted by molar-refractivity contribution is -0.870. The molecular formula is C31H56NO6P. The van der Waals surface area contributed by atoms with E-state index < -0.39 is 7.82 Å². The highest BCUT2D eigenvalue weighted by Gasteiger charge is 2.19. The lowest BCUT2D eigenvalue weighted by Gasteiger charge is -2.28. The number of nitrogens with zero attached hydrogens (tertiary/aromatic N) is 1. The van der Waals surface area contributed by atoms with E-state index >= 15 is 0 Å². The minimum atomic E-state index is -4.43. The van der Waals surface area contributed by atoms with Crippen LogP contribution in [0.4, 0.5) is 0 Å². The number of Topliss-reactive ketones (excluding diaryl/α,β-unsaturated/α-hetero) is 1. The summed E-state index contributed by atoms with van der Waals surface area (Å²) in [7, 11) is 1.46. The normalized spacial score (nSPS) is 14.2. The van der Waals surface area contributed by atoms with Crippen molar-refractivity contribution in [2.45, 2.75) is 104 Å². The molecule has 2 atom stereocenters. The molecular weight excluding hydrogens is 513 g/mol. The lowest BCUT2D eigenvalue weighted by Crippen LogP contribution is -2.37. The first-order valence-corrected chi connectivity index (χ1v) is 16.6. The second-order valence-electron chi connectivity index (χ2n) is 11.8. The van der Waals surface area contributed by atoms with E-state index in [2.05, 4.69) is 6.92 Å². The van der Waals surface area contributed by atoms with Crippen molar-refractivity contribution in [2.75, 3.05) is 47.5 Å². The molecule has 0 aromatic heterocycles. The average molecular weight is 570 g/mol. The second kappa shape index (κ2) is 20.6. The number of phosphoric ester groups is 1. The van der Waals surface area contributed by atoms with E-state index in [1.165, 1.54) is 57.8 Å². The summed E-state index contributed by atoms with van der Waals surface area (Å²) in [6.07, 6.45) is 15.1. The number of carbonyl (C=O) groups is 1. The van der Waals surface area contributed by atoms with Crippen molar-refractivity contribution >= 4 is 13.6 Å². The Kier molecular flexibility index (Phi) is 18.9. The number of unbranched alkanes of at least 4 members (excludes halogenated alkanes) is 9. The average Bonchev–Trinajstić information content (AvgIpc) is 2.86. The van der Waals surface area contributed by atoms with Crippen molar-refractivity contribution in [2.24, 2.45) is 5.92 Å². The molecule has 0 saturated carbocycles. The van der Waals surface area contributed by atoms with Crippen LogP contribution in [-0.4, -0.2) is 57.8 Å². The molecule has 0 N–H and O–H groups in total. The van der Waals surface area contributed by atoms with Crippen LogP contribution < -0.4 is 9.63 Å². The first-order chi connectivity index (χ1) is 18.5. The molecule has 0 bridgehead atoms. The quantitative estimate of drug-likeness (QED) is 0.0709. The summed E-state index contributed by atoms with van der Waals surface area (Å²) in [5.74, 6) is 0.709. The van der Waals surface area contributed by atoms with E-state index in [9.17, 15) is 14.3 Å². The fourth-order valence-electron chi connectivity index (χ4n) is 4.39. The topological polar surface area (TPSA) is 84.9 Å². The van der Waals surface area contributed by atoms with Gasteiger partial charge in [-0.05, 0) is 42.9 Å². The molecule has 8 heteroatoms. The molecule has 0 aliphatic rings. The maximum atomic E-state index is 12.3. The molecule has 7 nitrogen and oxygen atoms in total. The molecule has 39 heavy (non-hydrogen) atoms. The summed E-state index contributed by atoms with van der Waals surface area (Å²) in [6.45, 7) is 5.46. The van der Waals surface area contributed by atoms with Crippen molar-refractivity contribution in [1.82, 2.24) is 0 Å². The zero-order valence-electron chi connectivity index (χ0n) is 25.5. The third kappa shape index (κ3) is 20.3. The molecule has 0 spiro atoms. The minimum absolute atomic E-state index is 0.0598. The number of hydrogen-bond acceptors (Lipinski definition) is 6. The van der Waals surface area contributed by atoms with E-state index in [4.69, 9.17) is 13.8 Å². The number of hydrogen-bond donors (Lipinski definition) is 0. The maximum Gasteiger partial charge on any atom is 0.268 e. The van der Waals surface area contributed by atoms with Crippen molar-refractivity contribution in [3.05, 3.63) is 29.8 Å². The molecule has 1 rings (SSSR count). The van der Waals surface area contributed by atoms with Crippen molar-refractivity contribution in [3.63, 3.8) is 0 Å². The van der Waals surface area contributed by atoms with Gasteiger partial charge < -0.3 is 23.2 Å². The van der Waals surface area contributed by atoms with Gasteiger partial charge in [-0.25, -0.2) is 0 Å². The van der Waals surface area contributed by atoms with Crippen LogP contribution in [0.1, 0.15) is 103 Å². The van der Waals surface area contributed by atoms with E-state index in [-0.39, 0.29) is 31.3 Å². The Morgan fingerprint density at radius 1 is 0.846 bits per heavy atom. The van der Waals surface area contributed by atoms with Crippen LogP contribution in [-0.2, 0) is 24.8 Å². The number of likely N-dealkylation sites (N-methyl/N-ethyl adjacent to an activating group) is 1. The molecule has 0 aliphatic carbocycles. The summed E-state index contributed by atoms with van der Waals surface area (Å²) in [5, 5.41) is 0. The standard InChI is InChI=1S/C31H56NO6P/c1-6-8-9-10-11-12-13-14-15-16-23-36-31-20-18-28(19-21-31)25-29(26-30(33)17-7-2)27-38-39(34,35)37-24-22-32(3,4)5/h18-21,29H,6-17,22-27H2,1-5H3. The first kappa shape index (κ1) is 35.8. The van der Waals surface area contributed by atoms with Gasteiger partial charge in [-0.3, -0.25) is 9.36 Å². The van der Waals surface area contributed by atoms with Crippen molar-refractivity contribution in [1.29, 1.82) is 0 Å². The predicted molar refractivity (Wildman–Crippen MR) is 158 cm³/mol. The van der Waals surface area contributed by atoms with Gasteiger partial charge >= 0.3 is 0 Å². The second-order valence-corrected chi connectivity index (χ2v) is 13.2. The number of ketones is 1. The number of quaternary nitrogens is 1. The number of rotatable bonds is 25. The van der Waals surface area contributed by atoms with Crippen molar-refractivity contribution in [3.8, 4) is 5.75 Å². The van der Waals surface area contributed by atoms with Crippen LogP contribution >= 0.6 is 7.82 Å². The van der Waals surface area contributed by atoms with Gasteiger partial charge in [0.05, 0.1) is 34.4 Å². The Bertz CT molecular complexity index is 808. The summed E-state index contributed by atoms with van der Waals surface area (Å²) in [5.41, 5.74) is 1.02. The molecule has 0 saturated heterocycles. The summed E-state index contributed by atoms with van der Waals surface area (Å²) >= 11 is 0. The largest absolute Gasteiger partial charge is 0.756 e. The van der Waals surface area contributed by atoms with Gasteiger partial charge in [-0.15, -0.1) is 0 Å². The summed E-state index contributed by atoms with van der Waals surface area (Å²) in [4.78, 5) is 24.6. The van der Waals surface area contributed by atoms with Crippen molar-refractivity contribution < 1.29 is 32.5 Å². The number of benzene rings is 1. The summed E-state index contributed by atoms with van der Waals surface area (Å²) in [6, 6.07) is 7.87. The van der Waals surface area contributed by atoms with Gasteiger partial charge in [-0.1, -0.05) is 83.8 Å². The van der Waals surface area contributed by atoms with Crippen LogP contribution in [0.2, 0.25) is 0 Å². The third-order valence-electron chi connectivity index (χ3n) is 6.74. The van der Waals surface area contributed by atoms with Gasteiger partial charge in [0.25, 0.3) is 7.82 Å². The number of carbonyl (C=O) groups excluding carboxylic acids is 1. The van der Waals surface area contributed by atoms with E-state index in [0.29, 0.717) is 30.5 Å². The Morgan fingerprint density at radius 3 is 2.00 bits per heavy atom. The van der Waals surface area contributed by atoms with E-state index in [1.54, 1.807) is 0 Å². The molecule has 1 aromatic rings. The fraction of sp³-hybridized carbons (Fsp3) is 0.774. The smallest absolute Gasteiger partial charge is 0.268 e. The first-order valence-electron chi connectivity index (χ1n) is 15.2. The van der Waals surface area contributed by atoms with Gasteiger partial charge in [0, 0.05) is 12.8 Å². The fourth-order valence-corrected chi connectivity index (χ4v) is 5.16. The van der Waals surface area contributed by atoms with Crippen LogP contribution in [0.25, 0.3) is 0 Å². The van der Waals surface area contributed by atoms with Gasteiger partial charge in [0.15, 0.2) is 0 Å². The monoisotopic (exact) mass is 569 g/mol. The molecule has 226 valence electrons. The van der Waals surface area contributed by atoms with Gasteiger partial charge in [0.1, 0.15) is 24.7 Å². The molecule has 1 aromatic carbocycles. The predicted octanol–water partition coefficient (Wildman–Crippen LogP) is 7.11. The van der Waals surface area contributed by atoms with E-state index in [1.807, 2.05) is 52.3 Å². The summed E-state index contributed by atoms with van der Waals surface area (Å²) < 4.78 is 29.0. The molecule has 2 unspecified atom stereocenters. The Hall–Kier alpha value is -1.24. The highest BCUT2D eigenvalue weighted by atomic mass is 31.2. The number of phosphoric acid groups is 1. The number of ether oxygens (including phenoxy) is 1. The van der Waals surface area contributed by atoms with E-state index in [0.717, 1.165) is 24.2 Å². The Labute approximate surface area is 238 Å². The maximum absolute atomic E-state index is 12.3. The van der Waals surface area contributed by atoms with Gasteiger partial charge in [-0.2, -0.15) is 0 Å². The zero-order chi connectivity index (χ0) is 29.0. The Balaban J connectivity index is 2.43. The van der Waals surface area contributed by atoms with Crippen LogP contribution in [0.3, 0.4) is 0 Å². The Morgan fingerprint density at radius 2 is 1.44 bits per heavy atom. The molecule has 0 amide bonds. The van der Waals surface area contributed by atoms with Crippen LogP contribution in [0, 0.1) is 5.92 Å². The highest BCUT2D eigenvalue weighted by Crippen LogP contribution is 2.39. The van der Waals surface area contributed by atoms with Gasteiger partial charge in [0.2, 0.25) is 0 Å². The van der Waals surface area contributed by atoms with Crippen LogP contribution in [0.15, 0.2) is 24.3 Å². The molecule has 0 fully saturated rings. The van der Waals surface area contributed by atoms with Crippen LogP contribution in [0.5, 0.6) is 5.75 Å². The zero-order valence-corrected chi connectivity index (χ0v) is 26.4. The lowest BCUT2D eigenvalue weighted by atomic mass is 9.94. The highest BCUT2D eigenvalue weighted by molar-refractivity contribution is 7.45. The SMILES string of the molecule is CCCCCCCCCCCCOc1ccc(CC(COP(=O)([O-])OCC[N+](C)(C)C)CC(=O)CCC)cc1. The molecule has 0 radical (unpaired) electrons. The minimum Gasteiger partial charge on any atom is -0.756 e.